The van der Waals surface area contributed by atoms with Gasteiger partial charge in [-0.2, -0.15) is 0 Å². The Labute approximate surface area is 175 Å². The van der Waals surface area contributed by atoms with Gasteiger partial charge in [0.1, 0.15) is 6.33 Å². The third-order valence-corrected chi connectivity index (χ3v) is 4.99. The Balaban J connectivity index is 1.45. The molecule has 0 aliphatic carbocycles. The molecule has 10 heteroatoms. The highest BCUT2D eigenvalue weighted by Crippen LogP contribution is 2.35. The molecule has 30 heavy (non-hydrogen) atoms. The molecular formula is C20H26N6O4. The van der Waals surface area contributed by atoms with E-state index in [-0.39, 0.29) is 23.8 Å². The lowest BCUT2D eigenvalue weighted by Crippen LogP contribution is -2.46. The van der Waals surface area contributed by atoms with E-state index < -0.39 is 4.92 Å². The minimum Gasteiger partial charge on any atom is -0.454 e. The zero-order valence-corrected chi connectivity index (χ0v) is 17.4. The number of rotatable bonds is 5. The number of piperazine rings is 1. The van der Waals surface area contributed by atoms with Crippen molar-refractivity contribution in [1.82, 2.24) is 14.9 Å². The molecule has 0 bridgehead atoms. The Morgan fingerprint density at radius 2 is 1.87 bits per heavy atom. The molecule has 2 aliphatic rings. The first-order valence-electron chi connectivity index (χ1n) is 9.93. The van der Waals surface area contributed by atoms with Crippen LogP contribution in [-0.4, -0.2) is 58.3 Å². The van der Waals surface area contributed by atoms with Gasteiger partial charge in [0.15, 0.2) is 11.5 Å². The van der Waals surface area contributed by atoms with Gasteiger partial charge in [-0.15, -0.1) is 0 Å². The van der Waals surface area contributed by atoms with Gasteiger partial charge in [0, 0.05) is 38.3 Å². The Morgan fingerprint density at radius 1 is 1.13 bits per heavy atom. The van der Waals surface area contributed by atoms with Crippen LogP contribution in [0.5, 0.6) is 11.5 Å². The number of anilines is 2. The molecule has 1 saturated heterocycles. The average Bonchev–Trinajstić information content (AvgIpc) is 3.15. The summed E-state index contributed by atoms with van der Waals surface area (Å²) in [7, 11) is 0. The Morgan fingerprint density at radius 3 is 2.57 bits per heavy atom. The fourth-order valence-electron chi connectivity index (χ4n) is 3.63. The van der Waals surface area contributed by atoms with Gasteiger partial charge in [-0.25, -0.2) is 9.97 Å². The molecular weight excluding hydrogens is 388 g/mol. The fourth-order valence-corrected chi connectivity index (χ4v) is 3.63. The molecule has 0 atom stereocenters. The van der Waals surface area contributed by atoms with Gasteiger partial charge in [0.2, 0.25) is 18.4 Å². The lowest BCUT2D eigenvalue weighted by molar-refractivity contribution is -0.383. The van der Waals surface area contributed by atoms with Gasteiger partial charge in [-0.3, -0.25) is 15.0 Å². The minimum atomic E-state index is -0.400. The number of fused-ring (bicyclic) bond motifs is 1. The summed E-state index contributed by atoms with van der Waals surface area (Å²) in [6.07, 6.45) is 1.38. The van der Waals surface area contributed by atoms with E-state index in [1.165, 1.54) is 6.33 Å². The SMILES string of the molecule is CC(C)(C)Nc1ncnc(N2CCN(Cc3ccc4c(c3)OCO4)CC2)c1[N+](=O)[O-]. The van der Waals surface area contributed by atoms with Crippen LogP contribution in [0.25, 0.3) is 0 Å². The Hall–Kier alpha value is -3.14. The number of nitrogens with one attached hydrogen (secondary N) is 1. The minimum absolute atomic E-state index is 0.0726. The highest BCUT2D eigenvalue weighted by molar-refractivity contribution is 5.71. The molecule has 160 valence electrons. The quantitative estimate of drug-likeness (QED) is 0.584. The number of hydrogen-bond donors (Lipinski definition) is 1. The molecule has 0 radical (unpaired) electrons. The summed E-state index contributed by atoms with van der Waals surface area (Å²) in [6, 6.07) is 5.98. The maximum absolute atomic E-state index is 11.8. The highest BCUT2D eigenvalue weighted by atomic mass is 16.7. The molecule has 0 unspecified atom stereocenters. The van der Waals surface area contributed by atoms with Crippen molar-refractivity contribution in [2.75, 3.05) is 43.2 Å². The molecule has 0 saturated carbocycles. The number of nitrogens with zero attached hydrogens (tertiary/aromatic N) is 5. The van der Waals surface area contributed by atoms with Crippen LogP contribution < -0.4 is 19.7 Å². The summed E-state index contributed by atoms with van der Waals surface area (Å²) < 4.78 is 10.8. The van der Waals surface area contributed by atoms with Gasteiger partial charge < -0.3 is 19.7 Å². The van der Waals surface area contributed by atoms with Crippen molar-refractivity contribution in [3.05, 3.63) is 40.2 Å². The largest absolute Gasteiger partial charge is 0.454 e. The fraction of sp³-hybridized carbons (Fsp3) is 0.500. The van der Waals surface area contributed by atoms with Crippen molar-refractivity contribution in [2.24, 2.45) is 0 Å². The van der Waals surface area contributed by atoms with E-state index in [0.29, 0.717) is 18.9 Å². The van der Waals surface area contributed by atoms with Crippen molar-refractivity contribution in [1.29, 1.82) is 0 Å². The van der Waals surface area contributed by atoms with E-state index in [0.717, 1.165) is 36.7 Å². The van der Waals surface area contributed by atoms with Crippen molar-refractivity contribution >= 4 is 17.3 Å². The summed E-state index contributed by atoms with van der Waals surface area (Å²) in [5.41, 5.74) is 0.730. The normalized spacial score (nSPS) is 16.6. The number of ether oxygens (including phenoxy) is 2. The topological polar surface area (TPSA) is 106 Å². The van der Waals surface area contributed by atoms with Crippen LogP contribution in [0.1, 0.15) is 26.3 Å². The lowest BCUT2D eigenvalue weighted by Gasteiger charge is -2.35. The van der Waals surface area contributed by atoms with Crippen LogP contribution in [0.3, 0.4) is 0 Å². The number of aromatic nitrogens is 2. The van der Waals surface area contributed by atoms with Gasteiger partial charge in [-0.1, -0.05) is 6.07 Å². The summed E-state index contributed by atoms with van der Waals surface area (Å²) in [6.45, 7) is 9.71. The predicted molar refractivity (Wildman–Crippen MR) is 112 cm³/mol. The molecule has 1 N–H and O–H groups in total. The van der Waals surface area contributed by atoms with Crippen LogP contribution >= 0.6 is 0 Å². The van der Waals surface area contributed by atoms with Crippen molar-refractivity contribution in [2.45, 2.75) is 32.9 Å². The molecule has 1 aromatic carbocycles. The van der Waals surface area contributed by atoms with Crippen LogP contribution in [0.4, 0.5) is 17.3 Å². The standard InChI is InChI=1S/C20H26N6O4/c1-20(2,3)23-18-17(26(27)28)19(22-12-21-18)25-8-6-24(7-9-25)11-14-4-5-15-16(10-14)30-13-29-15/h4-5,10,12H,6-9,11,13H2,1-3H3,(H,21,22,23). The zero-order chi connectivity index (χ0) is 21.3. The van der Waals surface area contributed by atoms with Crippen molar-refractivity contribution in [3.8, 4) is 11.5 Å². The van der Waals surface area contributed by atoms with Gasteiger partial charge in [-0.05, 0) is 38.5 Å². The summed E-state index contributed by atoms with van der Waals surface area (Å²) in [5.74, 6) is 2.17. The third kappa shape index (κ3) is 4.38. The number of benzene rings is 1. The van der Waals surface area contributed by atoms with Crippen molar-refractivity contribution < 1.29 is 14.4 Å². The van der Waals surface area contributed by atoms with Crippen LogP contribution in [0.2, 0.25) is 0 Å². The van der Waals surface area contributed by atoms with E-state index >= 15 is 0 Å². The lowest BCUT2D eigenvalue weighted by atomic mass is 10.1. The van der Waals surface area contributed by atoms with Gasteiger partial charge in [0.25, 0.3) is 0 Å². The molecule has 10 nitrogen and oxygen atoms in total. The third-order valence-electron chi connectivity index (χ3n) is 4.99. The van der Waals surface area contributed by atoms with E-state index in [1.54, 1.807) is 0 Å². The van der Waals surface area contributed by atoms with Crippen LogP contribution in [-0.2, 0) is 6.54 Å². The number of nitro groups is 1. The molecule has 2 aromatic rings. The first kappa shape index (κ1) is 20.1. The summed E-state index contributed by atoms with van der Waals surface area (Å²) in [4.78, 5) is 24.0. The van der Waals surface area contributed by atoms with Gasteiger partial charge >= 0.3 is 5.69 Å². The molecule has 3 heterocycles. The van der Waals surface area contributed by atoms with Crippen molar-refractivity contribution in [3.63, 3.8) is 0 Å². The maximum atomic E-state index is 11.8. The van der Waals surface area contributed by atoms with Gasteiger partial charge in [0.05, 0.1) is 4.92 Å². The molecule has 0 spiro atoms. The van der Waals surface area contributed by atoms with Crippen LogP contribution in [0.15, 0.2) is 24.5 Å². The Bertz CT molecular complexity index is 937. The number of hydrogen-bond acceptors (Lipinski definition) is 9. The predicted octanol–water partition coefficient (Wildman–Crippen LogP) is 2.65. The maximum Gasteiger partial charge on any atom is 0.353 e. The molecule has 2 aliphatic heterocycles. The van der Waals surface area contributed by atoms with E-state index in [4.69, 9.17) is 9.47 Å². The van der Waals surface area contributed by atoms with Crippen LogP contribution in [0, 0.1) is 10.1 Å². The second-order valence-corrected chi connectivity index (χ2v) is 8.48. The second kappa shape index (κ2) is 7.94. The molecule has 1 fully saturated rings. The average molecular weight is 414 g/mol. The van der Waals surface area contributed by atoms with E-state index in [9.17, 15) is 10.1 Å². The second-order valence-electron chi connectivity index (χ2n) is 8.48. The molecule has 1 aromatic heterocycles. The van der Waals surface area contributed by atoms with E-state index in [1.807, 2.05) is 43.9 Å². The molecule has 4 rings (SSSR count). The molecule has 0 amide bonds. The smallest absolute Gasteiger partial charge is 0.353 e. The van der Waals surface area contributed by atoms with E-state index in [2.05, 4.69) is 20.2 Å². The zero-order valence-electron chi connectivity index (χ0n) is 17.4. The highest BCUT2D eigenvalue weighted by Gasteiger charge is 2.30. The summed E-state index contributed by atoms with van der Waals surface area (Å²) in [5, 5.41) is 14.9. The monoisotopic (exact) mass is 414 g/mol. The first-order valence-corrected chi connectivity index (χ1v) is 9.93. The summed E-state index contributed by atoms with van der Waals surface area (Å²) >= 11 is 0. The first-order chi connectivity index (χ1) is 14.3. The Kier molecular flexibility index (Phi) is 5.33.